The van der Waals surface area contributed by atoms with Gasteiger partial charge in [0.25, 0.3) is 0 Å². The van der Waals surface area contributed by atoms with Crippen LogP contribution in [0.5, 0.6) is 0 Å². The monoisotopic (exact) mass is 224 g/mol. The SMILES string of the molecule is OCC(c1cccc(Cl)c1)C1CCCC1. The fraction of sp³-hybridized carbons (Fsp3) is 0.538. The number of rotatable bonds is 3. The average molecular weight is 225 g/mol. The van der Waals surface area contributed by atoms with Gasteiger partial charge in [0, 0.05) is 10.9 Å². The molecule has 0 amide bonds. The zero-order valence-electron chi connectivity index (χ0n) is 8.82. The van der Waals surface area contributed by atoms with Crippen molar-refractivity contribution in [2.24, 2.45) is 5.92 Å². The lowest BCUT2D eigenvalue weighted by Gasteiger charge is -2.21. The van der Waals surface area contributed by atoms with Gasteiger partial charge in [-0.2, -0.15) is 0 Å². The first kappa shape index (κ1) is 11.0. The van der Waals surface area contributed by atoms with Crippen LogP contribution in [0.4, 0.5) is 0 Å². The van der Waals surface area contributed by atoms with Crippen LogP contribution >= 0.6 is 11.6 Å². The lowest BCUT2D eigenvalue weighted by molar-refractivity contribution is 0.226. The van der Waals surface area contributed by atoms with Gasteiger partial charge in [0.1, 0.15) is 0 Å². The van der Waals surface area contributed by atoms with Crippen molar-refractivity contribution in [1.82, 2.24) is 0 Å². The summed E-state index contributed by atoms with van der Waals surface area (Å²) < 4.78 is 0. The summed E-state index contributed by atoms with van der Waals surface area (Å²) in [6, 6.07) is 7.91. The summed E-state index contributed by atoms with van der Waals surface area (Å²) in [6.45, 7) is 0.241. The smallest absolute Gasteiger partial charge is 0.0502 e. The Hall–Kier alpha value is -0.530. The van der Waals surface area contributed by atoms with E-state index in [0.29, 0.717) is 5.92 Å². The fourth-order valence-corrected chi connectivity index (χ4v) is 2.82. The summed E-state index contributed by atoms with van der Waals surface area (Å²) in [4.78, 5) is 0. The van der Waals surface area contributed by atoms with E-state index in [0.717, 1.165) is 5.02 Å². The summed E-state index contributed by atoms with van der Waals surface area (Å²) in [6.07, 6.45) is 5.11. The summed E-state index contributed by atoms with van der Waals surface area (Å²) in [5.74, 6) is 0.930. The minimum absolute atomic E-state index is 0.241. The van der Waals surface area contributed by atoms with E-state index in [9.17, 15) is 5.11 Å². The van der Waals surface area contributed by atoms with E-state index in [1.807, 2.05) is 18.2 Å². The molecule has 1 aliphatic carbocycles. The van der Waals surface area contributed by atoms with Crippen LogP contribution in [0.2, 0.25) is 5.02 Å². The Kier molecular flexibility index (Phi) is 3.66. The van der Waals surface area contributed by atoms with Gasteiger partial charge in [-0.15, -0.1) is 0 Å². The van der Waals surface area contributed by atoms with Crippen LogP contribution in [-0.4, -0.2) is 11.7 Å². The third-order valence-electron chi connectivity index (χ3n) is 3.44. The van der Waals surface area contributed by atoms with Crippen LogP contribution in [0.25, 0.3) is 0 Å². The zero-order chi connectivity index (χ0) is 10.7. The first-order chi connectivity index (χ1) is 7.31. The van der Waals surface area contributed by atoms with E-state index < -0.39 is 0 Å². The van der Waals surface area contributed by atoms with Crippen molar-refractivity contribution in [3.8, 4) is 0 Å². The summed E-state index contributed by atoms with van der Waals surface area (Å²) >= 11 is 5.97. The predicted molar refractivity (Wildman–Crippen MR) is 63.2 cm³/mol. The number of hydrogen-bond donors (Lipinski definition) is 1. The van der Waals surface area contributed by atoms with Gasteiger partial charge in [-0.25, -0.2) is 0 Å². The molecule has 1 fully saturated rings. The Labute approximate surface area is 96.1 Å². The van der Waals surface area contributed by atoms with Crippen molar-refractivity contribution in [3.05, 3.63) is 34.9 Å². The van der Waals surface area contributed by atoms with Gasteiger partial charge < -0.3 is 5.11 Å². The molecule has 0 bridgehead atoms. The minimum Gasteiger partial charge on any atom is -0.396 e. The molecule has 0 aliphatic heterocycles. The van der Waals surface area contributed by atoms with Crippen molar-refractivity contribution < 1.29 is 5.11 Å². The summed E-state index contributed by atoms with van der Waals surface area (Å²) in [5, 5.41) is 10.3. The quantitative estimate of drug-likeness (QED) is 0.832. The Morgan fingerprint density at radius 2 is 2.07 bits per heavy atom. The largest absolute Gasteiger partial charge is 0.396 e. The molecule has 0 spiro atoms. The van der Waals surface area contributed by atoms with E-state index >= 15 is 0 Å². The Balaban J connectivity index is 2.18. The third-order valence-corrected chi connectivity index (χ3v) is 3.68. The lowest BCUT2D eigenvalue weighted by atomic mass is 9.85. The van der Waals surface area contributed by atoms with E-state index in [1.54, 1.807) is 0 Å². The first-order valence-electron chi connectivity index (χ1n) is 5.67. The van der Waals surface area contributed by atoms with Gasteiger partial charge >= 0.3 is 0 Å². The minimum atomic E-state index is 0.241. The molecule has 1 aromatic carbocycles. The molecule has 1 aromatic rings. The van der Waals surface area contributed by atoms with Gasteiger partial charge in [0.15, 0.2) is 0 Å². The first-order valence-corrected chi connectivity index (χ1v) is 6.05. The third kappa shape index (κ3) is 2.53. The molecule has 1 aliphatic rings. The average Bonchev–Trinajstić information content (AvgIpc) is 2.72. The van der Waals surface area contributed by atoms with Gasteiger partial charge in [-0.1, -0.05) is 36.6 Å². The standard InChI is InChI=1S/C13H17ClO/c14-12-7-3-6-11(8-12)13(9-15)10-4-1-2-5-10/h3,6-8,10,13,15H,1-2,4-5,9H2. The number of benzene rings is 1. The highest BCUT2D eigenvalue weighted by Crippen LogP contribution is 2.37. The second kappa shape index (κ2) is 5.00. The van der Waals surface area contributed by atoms with Crippen LogP contribution in [-0.2, 0) is 0 Å². The van der Waals surface area contributed by atoms with Gasteiger partial charge in [0.05, 0.1) is 6.61 Å². The van der Waals surface area contributed by atoms with Gasteiger partial charge in [0.2, 0.25) is 0 Å². The highest BCUT2D eigenvalue weighted by molar-refractivity contribution is 6.30. The maximum absolute atomic E-state index is 9.49. The van der Waals surface area contributed by atoms with Crippen LogP contribution in [0, 0.1) is 5.92 Å². The molecule has 0 radical (unpaired) electrons. The number of aliphatic hydroxyl groups is 1. The van der Waals surface area contributed by atoms with Crippen LogP contribution in [0.3, 0.4) is 0 Å². The normalized spacial score (nSPS) is 19.3. The molecule has 2 heteroatoms. The van der Waals surface area contributed by atoms with Crippen molar-refractivity contribution in [2.75, 3.05) is 6.61 Å². The fourth-order valence-electron chi connectivity index (χ4n) is 2.62. The second-order valence-corrected chi connectivity index (χ2v) is 4.83. The van der Waals surface area contributed by atoms with E-state index in [2.05, 4.69) is 6.07 Å². The van der Waals surface area contributed by atoms with Crippen molar-refractivity contribution in [1.29, 1.82) is 0 Å². The van der Waals surface area contributed by atoms with E-state index in [1.165, 1.54) is 31.2 Å². The summed E-state index contributed by atoms with van der Waals surface area (Å²) in [7, 11) is 0. The highest BCUT2D eigenvalue weighted by Gasteiger charge is 2.25. The Morgan fingerprint density at radius 1 is 1.33 bits per heavy atom. The molecule has 82 valence electrons. The van der Waals surface area contributed by atoms with Gasteiger partial charge in [-0.05, 0) is 36.5 Å². The molecule has 1 nitrogen and oxygen atoms in total. The molecule has 15 heavy (non-hydrogen) atoms. The van der Waals surface area contributed by atoms with E-state index in [4.69, 9.17) is 11.6 Å². The molecule has 0 saturated heterocycles. The molecule has 2 rings (SSSR count). The zero-order valence-corrected chi connectivity index (χ0v) is 9.58. The number of halogens is 1. The molecule has 1 saturated carbocycles. The number of aliphatic hydroxyl groups excluding tert-OH is 1. The molecule has 1 unspecified atom stereocenters. The topological polar surface area (TPSA) is 20.2 Å². The van der Waals surface area contributed by atoms with Crippen molar-refractivity contribution in [3.63, 3.8) is 0 Å². The molecule has 1 atom stereocenters. The second-order valence-electron chi connectivity index (χ2n) is 4.39. The van der Waals surface area contributed by atoms with E-state index in [-0.39, 0.29) is 12.5 Å². The lowest BCUT2D eigenvalue weighted by Crippen LogP contribution is -2.13. The highest BCUT2D eigenvalue weighted by atomic mass is 35.5. The molecular formula is C13H17ClO. The molecule has 0 heterocycles. The van der Waals surface area contributed by atoms with Crippen molar-refractivity contribution in [2.45, 2.75) is 31.6 Å². The van der Waals surface area contributed by atoms with Crippen LogP contribution in [0.1, 0.15) is 37.2 Å². The molecule has 0 aromatic heterocycles. The maximum atomic E-state index is 9.49. The van der Waals surface area contributed by atoms with Crippen LogP contribution < -0.4 is 0 Å². The molecular weight excluding hydrogens is 208 g/mol. The maximum Gasteiger partial charge on any atom is 0.0502 e. The number of hydrogen-bond acceptors (Lipinski definition) is 1. The van der Waals surface area contributed by atoms with Crippen molar-refractivity contribution >= 4 is 11.6 Å². The summed E-state index contributed by atoms with van der Waals surface area (Å²) in [5.41, 5.74) is 1.19. The Bertz CT molecular complexity index is 318. The van der Waals surface area contributed by atoms with Crippen LogP contribution in [0.15, 0.2) is 24.3 Å². The Morgan fingerprint density at radius 3 is 2.67 bits per heavy atom. The predicted octanol–water partition coefficient (Wildman–Crippen LogP) is 3.61. The van der Waals surface area contributed by atoms with Gasteiger partial charge in [-0.3, -0.25) is 0 Å². The molecule has 1 N–H and O–H groups in total.